The predicted molar refractivity (Wildman–Crippen MR) is 83.9 cm³/mol. The van der Waals surface area contributed by atoms with Crippen LogP contribution in [0.4, 0.5) is 0 Å². The van der Waals surface area contributed by atoms with Crippen molar-refractivity contribution in [3.05, 3.63) is 30.2 Å². The summed E-state index contributed by atoms with van der Waals surface area (Å²) in [6.07, 6.45) is 5.20. The molecule has 1 aliphatic carbocycles. The van der Waals surface area contributed by atoms with E-state index in [9.17, 15) is 4.79 Å². The van der Waals surface area contributed by atoms with Gasteiger partial charge in [0.1, 0.15) is 5.69 Å². The molecule has 0 atom stereocenters. The number of nitrogens with zero attached hydrogens (tertiary/aromatic N) is 2. The van der Waals surface area contributed by atoms with Gasteiger partial charge in [-0.15, -0.1) is 0 Å². The van der Waals surface area contributed by atoms with Crippen molar-refractivity contribution in [3.63, 3.8) is 0 Å². The van der Waals surface area contributed by atoms with E-state index < -0.39 is 0 Å². The fourth-order valence-corrected chi connectivity index (χ4v) is 3.85. The Labute approximate surface area is 134 Å². The molecule has 0 unspecified atom stereocenters. The maximum Gasteiger partial charge on any atom is 0.274 e. The van der Waals surface area contributed by atoms with E-state index in [0.717, 1.165) is 44.7 Å². The Kier molecular flexibility index (Phi) is 3.49. The number of hydrogen-bond donors (Lipinski definition) is 1. The Balaban J connectivity index is 1.41. The van der Waals surface area contributed by atoms with Gasteiger partial charge in [-0.2, -0.15) is 5.10 Å². The zero-order chi connectivity index (χ0) is 15.9. The van der Waals surface area contributed by atoms with E-state index in [0.29, 0.717) is 17.6 Å². The lowest BCUT2D eigenvalue weighted by Gasteiger charge is -2.44. The summed E-state index contributed by atoms with van der Waals surface area (Å²) >= 11 is 0. The highest BCUT2D eigenvalue weighted by atomic mass is 16.5. The number of hydrogen-bond acceptors (Lipinski definition) is 4. The van der Waals surface area contributed by atoms with Crippen molar-refractivity contribution < 1.29 is 13.9 Å². The summed E-state index contributed by atoms with van der Waals surface area (Å²) in [7, 11) is 0. The Morgan fingerprint density at radius 2 is 2.43 bits per heavy atom. The number of rotatable bonds is 4. The monoisotopic (exact) mass is 315 g/mol. The molecule has 0 bridgehead atoms. The molecule has 0 aromatic carbocycles. The summed E-state index contributed by atoms with van der Waals surface area (Å²) < 4.78 is 11.0. The van der Waals surface area contributed by atoms with Crippen LogP contribution in [-0.2, 0) is 4.74 Å². The van der Waals surface area contributed by atoms with Crippen LogP contribution in [0.1, 0.15) is 36.7 Å². The van der Waals surface area contributed by atoms with Gasteiger partial charge < -0.3 is 14.1 Å². The minimum Gasteiger partial charge on any atom is -0.463 e. The van der Waals surface area contributed by atoms with Crippen molar-refractivity contribution in [1.29, 1.82) is 0 Å². The number of likely N-dealkylation sites (tertiary alicyclic amines) is 1. The van der Waals surface area contributed by atoms with Gasteiger partial charge in [-0.25, -0.2) is 0 Å². The first-order valence-electron chi connectivity index (χ1n) is 8.19. The van der Waals surface area contributed by atoms with E-state index in [1.54, 1.807) is 12.3 Å². The molecule has 3 heterocycles. The van der Waals surface area contributed by atoms with E-state index in [4.69, 9.17) is 9.15 Å². The van der Waals surface area contributed by atoms with Gasteiger partial charge >= 0.3 is 0 Å². The first kappa shape index (κ1) is 14.5. The number of carbonyl (C=O) groups is 1. The van der Waals surface area contributed by atoms with Crippen LogP contribution in [0.2, 0.25) is 0 Å². The second-order valence-electron chi connectivity index (χ2n) is 6.61. The highest BCUT2D eigenvalue weighted by Crippen LogP contribution is 2.49. The van der Waals surface area contributed by atoms with Gasteiger partial charge in [-0.1, -0.05) is 0 Å². The van der Waals surface area contributed by atoms with Gasteiger partial charge in [0.15, 0.2) is 11.5 Å². The van der Waals surface area contributed by atoms with Crippen molar-refractivity contribution in [3.8, 4) is 11.5 Å². The highest BCUT2D eigenvalue weighted by molar-refractivity contribution is 5.93. The summed E-state index contributed by atoms with van der Waals surface area (Å²) in [5.74, 6) is 0.684. The topological polar surface area (TPSA) is 71.4 Å². The number of H-pyrrole nitrogens is 1. The molecule has 1 N–H and O–H groups in total. The van der Waals surface area contributed by atoms with Gasteiger partial charge in [-0.3, -0.25) is 9.89 Å². The van der Waals surface area contributed by atoms with Crippen molar-refractivity contribution in [2.75, 3.05) is 19.7 Å². The SMILES string of the molecule is CCOC1CC2(CCN(C(=O)c3cc(-c4ccco4)[nH]n3)C2)C1. The number of nitrogens with one attached hydrogen (secondary N) is 1. The van der Waals surface area contributed by atoms with Gasteiger partial charge in [0.2, 0.25) is 0 Å². The molecule has 1 spiro atoms. The van der Waals surface area contributed by atoms with Crippen LogP contribution in [0.15, 0.2) is 28.9 Å². The fraction of sp³-hybridized carbons (Fsp3) is 0.529. The Bertz CT molecular complexity index is 686. The molecule has 2 aliphatic rings. The highest BCUT2D eigenvalue weighted by Gasteiger charge is 2.50. The average molecular weight is 315 g/mol. The minimum absolute atomic E-state index is 0.00390. The summed E-state index contributed by atoms with van der Waals surface area (Å²) in [6.45, 7) is 4.43. The minimum atomic E-state index is -0.00390. The number of aromatic nitrogens is 2. The molecule has 2 fully saturated rings. The van der Waals surface area contributed by atoms with Crippen LogP contribution in [0.25, 0.3) is 11.5 Å². The first-order chi connectivity index (χ1) is 11.2. The smallest absolute Gasteiger partial charge is 0.274 e. The van der Waals surface area contributed by atoms with Crippen LogP contribution in [0, 0.1) is 5.41 Å². The molecule has 2 aromatic heterocycles. The van der Waals surface area contributed by atoms with Gasteiger partial charge in [-0.05, 0) is 43.7 Å². The zero-order valence-corrected chi connectivity index (χ0v) is 13.2. The Morgan fingerprint density at radius 1 is 1.57 bits per heavy atom. The molecular weight excluding hydrogens is 294 g/mol. The molecule has 6 nitrogen and oxygen atoms in total. The molecule has 6 heteroatoms. The van der Waals surface area contributed by atoms with E-state index in [2.05, 4.69) is 10.2 Å². The van der Waals surface area contributed by atoms with Crippen LogP contribution in [-0.4, -0.2) is 46.8 Å². The van der Waals surface area contributed by atoms with Crippen LogP contribution in [0.3, 0.4) is 0 Å². The lowest BCUT2D eigenvalue weighted by Crippen LogP contribution is -2.45. The number of furan rings is 1. The second kappa shape index (κ2) is 5.53. The normalized spacial score (nSPS) is 26.7. The van der Waals surface area contributed by atoms with E-state index in [-0.39, 0.29) is 11.3 Å². The molecule has 1 aliphatic heterocycles. The summed E-state index contributed by atoms with van der Waals surface area (Å²) in [5, 5.41) is 7.03. The Hall–Kier alpha value is -2.08. The average Bonchev–Trinajstić information content (AvgIpc) is 3.25. The maximum atomic E-state index is 12.6. The zero-order valence-electron chi connectivity index (χ0n) is 13.2. The predicted octanol–water partition coefficient (Wildman–Crippen LogP) is 2.70. The molecular formula is C17H21N3O3. The van der Waals surface area contributed by atoms with Crippen molar-refractivity contribution >= 4 is 5.91 Å². The van der Waals surface area contributed by atoms with Crippen molar-refractivity contribution in [2.45, 2.75) is 32.3 Å². The fourth-order valence-electron chi connectivity index (χ4n) is 3.85. The lowest BCUT2D eigenvalue weighted by molar-refractivity contribution is -0.0708. The molecule has 0 radical (unpaired) electrons. The van der Waals surface area contributed by atoms with Gasteiger partial charge in [0, 0.05) is 25.8 Å². The maximum absolute atomic E-state index is 12.6. The van der Waals surface area contributed by atoms with Gasteiger partial charge in [0.05, 0.1) is 12.4 Å². The molecule has 2 aromatic rings. The molecule has 1 saturated heterocycles. The summed E-state index contributed by atoms with van der Waals surface area (Å²) in [6, 6.07) is 5.41. The number of amides is 1. The lowest BCUT2D eigenvalue weighted by atomic mass is 9.66. The largest absolute Gasteiger partial charge is 0.463 e. The van der Waals surface area contributed by atoms with Gasteiger partial charge in [0.25, 0.3) is 5.91 Å². The number of ether oxygens (including phenoxy) is 1. The molecule has 122 valence electrons. The third-order valence-electron chi connectivity index (χ3n) is 5.03. The standard InChI is InChI=1S/C17H21N3O3/c1-2-22-12-9-17(10-12)5-6-20(11-17)16(21)14-8-13(18-19-14)15-4-3-7-23-15/h3-4,7-8,12H,2,5-6,9-11H2,1H3,(H,18,19). The first-order valence-corrected chi connectivity index (χ1v) is 8.19. The third kappa shape index (κ3) is 2.57. The second-order valence-corrected chi connectivity index (χ2v) is 6.61. The van der Waals surface area contributed by atoms with E-state index >= 15 is 0 Å². The number of carbonyl (C=O) groups excluding carboxylic acids is 1. The van der Waals surface area contributed by atoms with Crippen LogP contribution < -0.4 is 0 Å². The quantitative estimate of drug-likeness (QED) is 0.941. The molecule has 1 amide bonds. The Morgan fingerprint density at radius 3 is 3.17 bits per heavy atom. The van der Waals surface area contributed by atoms with E-state index in [1.807, 2.05) is 24.0 Å². The van der Waals surface area contributed by atoms with Crippen LogP contribution >= 0.6 is 0 Å². The third-order valence-corrected chi connectivity index (χ3v) is 5.03. The number of aromatic amines is 1. The molecule has 4 rings (SSSR count). The summed E-state index contributed by atoms with van der Waals surface area (Å²) in [4.78, 5) is 14.6. The van der Waals surface area contributed by atoms with E-state index in [1.165, 1.54) is 0 Å². The molecule has 1 saturated carbocycles. The van der Waals surface area contributed by atoms with Crippen molar-refractivity contribution in [2.24, 2.45) is 5.41 Å². The summed E-state index contributed by atoms with van der Waals surface area (Å²) in [5.41, 5.74) is 1.46. The van der Waals surface area contributed by atoms with Crippen LogP contribution in [0.5, 0.6) is 0 Å². The van der Waals surface area contributed by atoms with Crippen molar-refractivity contribution in [1.82, 2.24) is 15.1 Å². The molecule has 23 heavy (non-hydrogen) atoms.